The maximum Gasteiger partial charge on any atom is 0.226 e. The number of nitrogens with one attached hydrogen (secondary N) is 1. The van der Waals surface area contributed by atoms with Gasteiger partial charge in [-0.15, -0.1) is 36.2 Å². The number of hydrogen-bond donors (Lipinski definition) is 2. The highest BCUT2D eigenvalue weighted by atomic mass is 35.5. The van der Waals surface area contributed by atoms with Gasteiger partial charge in [-0.2, -0.15) is 0 Å². The van der Waals surface area contributed by atoms with Gasteiger partial charge in [0.1, 0.15) is 0 Å². The number of nitrogens with zero attached hydrogens (tertiary/aromatic N) is 1. The molecule has 0 spiro atoms. The molecule has 1 aromatic carbocycles. The number of carbonyl (C=O) groups excluding carboxylic acids is 1. The summed E-state index contributed by atoms with van der Waals surface area (Å²) in [6, 6.07) is 10.3. The maximum absolute atomic E-state index is 11.9. The van der Waals surface area contributed by atoms with Gasteiger partial charge in [0, 0.05) is 24.4 Å². The van der Waals surface area contributed by atoms with Crippen molar-refractivity contribution in [3.05, 3.63) is 52.0 Å². The van der Waals surface area contributed by atoms with Crippen LogP contribution in [0.4, 0.5) is 0 Å². The van der Waals surface area contributed by atoms with Gasteiger partial charge in [0.15, 0.2) is 0 Å². The number of thiazole rings is 1. The van der Waals surface area contributed by atoms with E-state index in [4.69, 9.17) is 5.73 Å². The molecule has 24 heavy (non-hydrogen) atoms. The van der Waals surface area contributed by atoms with Gasteiger partial charge in [-0.1, -0.05) is 30.3 Å². The Bertz CT molecular complexity index is 632. The van der Waals surface area contributed by atoms with Crippen molar-refractivity contribution in [2.45, 2.75) is 31.7 Å². The van der Waals surface area contributed by atoms with Crippen molar-refractivity contribution < 1.29 is 4.79 Å². The average Bonchev–Trinajstić information content (AvgIpc) is 3.29. The molecule has 2 aromatic rings. The second kappa shape index (κ2) is 9.99. The molecule has 1 atom stereocenters. The van der Waals surface area contributed by atoms with Crippen LogP contribution in [0.3, 0.4) is 0 Å². The Morgan fingerprint density at radius 1 is 1.29 bits per heavy atom. The van der Waals surface area contributed by atoms with Crippen molar-refractivity contribution in [2.24, 2.45) is 11.7 Å². The van der Waals surface area contributed by atoms with Crippen LogP contribution in [0.1, 0.15) is 29.1 Å². The van der Waals surface area contributed by atoms with Crippen LogP contribution in [0.2, 0.25) is 0 Å². The molecule has 1 aliphatic carbocycles. The van der Waals surface area contributed by atoms with Crippen molar-refractivity contribution in [2.75, 3.05) is 6.54 Å². The van der Waals surface area contributed by atoms with Crippen LogP contribution < -0.4 is 11.1 Å². The van der Waals surface area contributed by atoms with Gasteiger partial charge in [-0.3, -0.25) is 4.79 Å². The number of amides is 1. The second-order valence-corrected chi connectivity index (χ2v) is 6.82. The molecule has 132 valence electrons. The van der Waals surface area contributed by atoms with Gasteiger partial charge in [0.25, 0.3) is 0 Å². The maximum atomic E-state index is 11.9. The summed E-state index contributed by atoms with van der Waals surface area (Å²) in [5.74, 6) is 0.615. The molecule has 3 rings (SSSR count). The summed E-state index contributed by atoms with van der Waals surface area (Å²) in [4.78, 5) is 16.5. The van der Waals surface area contributed by atoms with Crippen LogP contribution in [0.25, 0.3) is 0 Å². The zero-order valence-corrected chi connectivity index (χ0v) is 15.8. The molecular weight excluding hydrogens is 365 g/mol. The molecule has 1 saturated carbocycles. The van der Waals surface area contributed by atoms with E-state index >= 15 is 0 Å². The number of hydrogen-bond acceptors (Lipinski definition) is 4. The molecule has 0 radical (unpaired) electrons. The summed E-state index contributed by atoms with van der Waals surface area (Å²) in [6.45, 7) is 0.574. The zero-order chi connectivity index (χ0) is 15.4. The zero-order valence-electron chi connectivity index (χ0n) is 13.3. The fraction of sp³-hybridized carbons (Fsp3) is 0.412. The van der Waals surface area contributed by atoms with Crippen LogP contribution in [-0.2, 0) is 17.6 Å². The fourth-order valence-electron chi connectivity index (χ4n) is 2.43. The van der Waals surface area contributed by atoms with Crippen molar-refractivity contribution in [1.82, 2.24) is 10.3 Å². The SMILES string of the molecule is Cl.Cl.NC(CNC(=O)Cc1csc(Cc2ccccc2)n1)C1CC1. The van der Waals surface area contributed by atoms with Crippen LogP contribution in [0.15, 0.2) is 35.7 Å². The van der Waals surface area contributed by atoms with E-state index in [2.05, 4.69) is 22.4 Å². The quantitative estimate of drug-likeness (QED) is 0.766. The summed E-state index contributed by atoms with van der Waals surface area (Å²) in [5.41, 5.74) is 8.06. The predicted molar refractivity (Wildman–Crippen MR) is 103 cm³/mol. The normalized spacial score (nSPS) is 14.2. The van der Waals surface area contributed by atoms with Gasteiger partial charge in [0.2, 0.25) is 5.91 Å². The highest BCUT2D eigenvalue weighted by Gasteiger charge is 2.28. The molecule has 1 fully saturated rings. The number of rotatable bonds is 7. The first kappa shape index (κ1) is 20.9. The minimum Gasteiger partial charge on any atom is -0.354 e. The molecule has 1 amide bonds. The summed E-state index contributed by atoms with van der Waals surface area (Å²) in [6.07, 6.45) is 3.56. The van der Waals surface area contributed by atoms with E-state index in [1.807, 2.05) is 23.6 Å². The summed E-state index contributed by atoms with van der Waals surface area (Å²) in [5, 5.41) is 5.93. The van der Waals surface area contributed by atoms with Crippen molar-refractivity contribution in [3.63, 3.8) is 0 Å². The molecule has 0 aliphatic heterocycles. The Morgan fingerprint density at radius 3 is 2.67 bits per heavy atom. The van der Waals surface area contributed by atoms with E-state index in [-0.39, 0.29) is 36.8 Å². The first-order valence-corrected chi connectivity index (χ1v) is 8.58. The summed E-state index contributed by atoms with van der Waals surface area (Å²) < 4.78 is 0. The van der Waals surface area contributed by atoms with Gasteiger partial charge in [0.05, 0.1) is 17.1 Å². The van der Waals surface area contributed by atoms with E-state index in [0.717, 1.165) is 17.1 Å². The van der Waals surface area contributed by atoms with E-state index in [9.17, 15) is 4.79 Å². The minimum atomic E-state index is 0. The molecule has 7 heteroatoms. The molecule has 4 nitrogen and oxygen atoms in total. The average molecular weight is 388 g/mol. The van der Waals surface area contributed by atoms with E-state index < -0.39 is 0 Å². The summed E-state index contributed by atoms with van der Waals surface area (Å²) >= 11 is 1.61. The third kappa shape index (κ3) is 6.40. The molecular formula is C17H23Cl2N3OS. The lowest BCUT2D eigenvalue weighted by Crippen LogP contribution is -2.39. The van der Waals surface area contributed by atoms with Gasteiger partial charge in [-0.25, -0.2) is 4.98 Å². The minimum absolute atomic E-state index is 0. The Labute approximate surface area is 159 Å². The Balaban J connectivity index is 0.00000144. The fourth-order valence-corrected chi connectivity index (χ4v) is 3.26. The molecule has 1 aliphatic rings. The molecule has 0 saturated heterocycles. The largest absolute Gasteiger partial charge is 0.354 e. The summed E-state index contributed by atoms with van der Waals surface area (Å²) in [7, 11) is 0. The van der Waals surface area contributed by atoms with Gasteiger partial charge >= 0.3 is 0 Å². The number of nitrogens with two attached hydrogens (primary N) is 1. The standard InChI is InChI=1S/C17H21N3OS.2ClH/c18-15(13-6-7-13)10-19-16(21)9-14-11-22-17(20-14)8-12-4-2-1-3-5-12;;/h1-5,11,13,15H,6-10,18H2,(H,19,21);2*1H. The molecule has 1 heterocycles. The van der Waals surface area contributed by atoms with Crippen LogP contribution >= 0.6 is 36.2 Å². The third-order valence-electron chi connectivity index (χ3n) is 3.90. The first-order valence-electron chi connectivity index (χ1n) is 7.70. The Hall–Kier alpha value is -1.14. The van der Waals surface area contributed by atoms with Crippen LogP contribution in [0, 0.1) is 5.92 Å². The Kier molecular flexibility index (Phi) is 8.70. The van der Waals surface area contributed by atoms with Crippen LogP contribution in [-0.4, -0.2) is 23.5 Å². The molecule has 1 unspecified atom stereocenters. The molecule has 1 aromatic heterocycles. The van der Waals surface area contributed by atoms with Crippen molar-refractivity contribution >= 4 is 42.1 Å². The van der Waals surface area contributed by atoms with E-state index in [1.165, 1.54) is 18.4 Å². The van der Waals surface area contributed by atoms with E-state index in [1.54, 1.807) is 11.3 Å². The smallest absolute Gasteiger partial charge is 0.226 e. The highest BCUT2D eigenvalue weighted by molar-refractivity contribution is 7.09. The number of halogens is 2. The monoisotopic (exact) mass is 387 g/mol. The molecule has 3 N–H and O–H groups in total. The highest BCUT2D eigenvalue weighted by Crippen LogP contribution is 2.31. The van der Waals surface area contributed by atoms with Gasteiger partial charge in [-0.05, 0) is 24.3 Å². The molecule has 0 bridgehead atoms. The first-order chi connectivity index (χ1) is 10.7. The lowest BCUT2D eigenvalue weighted by molar-refractivity contribution is -0.120. The second-order valence-electron chi connectivity index (χ2n) is 5.88. The lowest BCUT2D eigenvalue weighted by Gasteiger charge is -2.10. The Morgan fingerprint density at radius 2 is 2.00 bits per heavy atom. The third-order valence-corrected chi connectivity index (χ3v) is 4.80. The lowest BCUT2D eigenvalue weighted by atomic mass is 10.2. The topological polar surface area (TPSA) is 68.0 Å². The van der Waals surface area contributed by atoms with Gasteiger partial charge < -0.3 is 11.1 Å². The number of aromatic nitrogens is 1. The van der Waals surface area contributed by atoms with Crippen LogP contribution in [0.5, 0.6) is 0 Å². The predicted octanol–water partition coefficient (Wildman–Crippen LogP) is 2.97. The number of benzene rings is 1. The van der Waals surface area contributed by atoms with Crippen molar-refractivity contribution in [3.8, 4) is 0 Å². The van der Waals surface area contributed by atoms with Crippen molar-refractivity contribution in [1.29, 1.82) is 0 Å². The number of carbonyl (C=O) groups is 1. The van der Waals surface area contributed by atoms with E-state index in [0.29, 0.717) is 18.9 Å².